The minimum Gasteiger partial charge on any atom is -0.497 e. The molecule has 0 saturated heterocycles. The zero-order valence-corrected chi connectivity index (χ0v) is 11.5. The van der Waals surface area contributed by atoms with Crippen LogP contribution >= 0.6 is 11.3 Å². The number of hydrogen-bond acceptors (Lipinski definition) is 3. The largest absolute Gasteiger partial charge is 0.497 e. The second-order valence-corrected chi connectivity index (χ2v) is 4.90. The van der Waals surface area contributed by atoms with Gasteiger partial charge < -0.3 is 10.1 Å². The minimum atomic E-state index is -0.170. The van der Waals surface area contributed by atoms with Gasteiger partial charge in [0.1, 0.15) is 5.75 Å². The van der Waals surface area contributed by atoms with Crippen molar-refractivity contribution in [1.29, 1.82) is 0 Å². The molecule has 1 heterocycles. The van der Waals surface area contributed by atoms with Gasteiger partial charge in [0.25, 0.3) is 0 Å². The molecule has 0 aliphatic heterocycles. The zero-order chi connectivity index (χ0) is 13.5. The first-order chi connectivity index (χ1) is 9.28. The van der Waals surface area contributed by atoms with Gasteiger partial charge >= 0.3 is 6.03 Å². The van der Waals surface area contributed by atoms with E-state index in [-0.39, 0.29) is 6.03 Å². The molecule has 1 aromatic carbocycles. The van der Waals surface area contributed by atoms with Crippen LogP contribution < -0.4 is 15.4 Å². The lowest BCUT2D eigenvalue weighted by atomic mass is 10.1. The highest BCUT2D eigenvalue weighted by Gasteiger charge is 2.01. The van der Waals surface area contributed by atoms with Crippen LogP contribution in [-0.2, 0) is 6.42 Å². The number of amides is 2. The summed E-state index contributed by atoms with van der Waals surface area (Å²) in [7, 11) is 1.64. The van der Waals surface area contributed by atoms with Crippen molar-refractivity contribution in [2.24, 2.45) is 0 Å². The third kappa shape index (κ3) is 4.30. The Kier molecular flexibility index (Phi) is 4.80. The van der Waals surface area contributed by atoms with E-state index in [4.69, 9.17) is 4.74 Å². The summed E-state index contributed by atoms with van der Waals surface area (Å²) in [5.74, 6) is 0.840. The van der Waals surface area contributed by atoms with E-state index in [0.717, 1.165) is 22.7 Å². The molecule has 2 rings (SSSR count). The van der Waals surface area contributed by atoms with E-state index < -0.39 is 0 Å². The van der Waals surface area contributed by atoms with Gasteiger partial charge in [0.05, 0.1) is 12.1 Å². The van der Waals surface area contributed by atoms with Crippen molar-refractivity contribution in [1.82, 2.24) is 5.32 Å². The molecule has 2 amide bonds. The molecule has 0 unspecified atom stereocenters. The fraction of sp³-hybridized carbons (Fsp3) is 0.214. The number of nitrogens with one attached hydrogen (secondary N) is 2. The molecule has 0 bridgehead atoms. The second kappa shape index (κ2) is 6.80. The quantitative estimate of drug-likeness (QED) is 0.881. The van der Waals surface area contributed by atoms with E-state index in [0.29, 0.717) is 6.54 Å². The topological polar surface area (TPSA) is 50.4 Å². The Morgan fingerprint density at radius 2 is 2.05 bits per heavy atom. The van der Waals surface area contributed by atoms with Gasteiger partial charge in [0.15, 0.2) is 0 Å². The van der Waals surface area contributed by atoms with E-state index in [1.165, 1.54) is 11.3 Å². The van der Waals surface area contributed by atoms with E-state index in [1.54, 1.807) is 7.11 Å². The van der Waals surface area contributed by atoms with E-state index >= 15 is 0 Å². The number of thiophene rings is 1. The Morgan fingerprint density at radius 3 is 2.68 bits per heavy atom. The molecule has 5 heteroatoms. The van der Waals surface area contributed by atoms with Gasteiger partial charge in [0.2, 0.25) is 0 Å². The maximum absolute atomic E-state index is 11.6. The first-order valence-corrected chi connectivity index (χ1v) is 6.87. The van der Waals surface area contributed by atoms with Gasteiger partial charge in [-0.1, -0.05) is 12.1 Å². The molecular weight excluding hydrogens is 260 g/mol. The summed E-state index contributed by atoms with van der Waals surface area (Å²) in [5, 5.41) is 8.37. The lowest BCUT2D eigenvalue weighted by molar-refractivity contribution is 0.252. The Bertz CT molecular complexity index is 509. The summed E-state index contributed by atoms with van der Waals surface area (Å²) in [4.78, 5) is 11.6. The van der Waals surface area contributed by atoms with E-state index in [1.807, 2.05) is 41.8 Å². The predicted molar refractivity (Wildman–Crippen MR) is 78.0 cm³/mol. The number of carbonyl (C=O) groups excluding carboxylic acids is 1. The Balaban J connectivity index is 1.72. The molecule has 100 valence electrons. The van der Waals surface area contributed by atoms with Crippen molar-refractivity contribution < 1.29 is 9.53 Å². The fourth-order valence-corrected chi connectivity index (χ4v) is 2.23. The molecule has 2 aromatic rings. The first kappa shape index (κ1) is 13.4. The van der Waals surface area contributed by atoms with Gasteiger partial charge in [-0.25, -0.2) is 4.79 Å². The lowest BCUT2D eigenvalue weighted by Crippen LogP contribution is -2.30. The molecule has 0 radical (unpaired) electrons. The highest BCUT2D eigenvalue weighted by molar-refractivity contribution is 7.14. The molecule has 19 heavy (non-hydrogen) atoms. The molecule has 0 aliphatic carbocycles. The molecule has 0 atom stereocenters. The molecule has 0 spiro atoms. The lowest BCUT2D eigenvalue weighted by Gasteiger charge is -2.06. The van der Waals surface area contributed by atoms with E-state index in [2.05, 4.69) is 10.6 Å². The third-order valence-corrected chi connectivity index (χ3v) is 3.40. The summed E-state index contributed by atoms with van der Waals surface area (Å²) in [6, 6.07) is 11.4. The maximum Gasteiger partial charge on any atom is 0.319 e. The van der Waals surface area contributed by atoms with Gasteiger partial charge in [-0.05, 0) is 41.6 Å². The van der Waals surface area contributed by atoms with Crippen molar-refractivity contribution in [3.63, 3.8) is 0 Å². The van der Waals surface area contributed by atoms with Crippen molar-refractivity contribution in [3.05, 3.63) is 47.3 Å². The third-order valence-electron chi connectivity index (χ3n) is 2.62. The smallest absolute Gasteiger partial charge is 0.319 e. The molecule has 4 nitrogen and oxygen atoms in total. The van der Waals surface area contributed by atoms with Crippen molar-refractivity contribution in [3.8, 4) is 5.75 Å². The van der Waals surface area contributed by atoms with Gasteiger partial charge in [-0.2, -0.15) is 0 Å². The fourth-order valence-electron chi connectivity index (χ4n) is 1.62. The van der Waals surface area contributed by atoms with Crippen LogP contribution in [-0.4, -0.2) is 19.7 Å². The zero-order valence-electron chi connectivity index (χ0n) is 10.7. The molecule has 2 N–H and O–H groups in total. The molecule has 1 aromatic heterocycles. The van der Waals surface area contributed by atoms with Crippen molar-refractivity contribution in [2.75, 3.05) is 19.0 Å². The van der Waals surface area contributed by atoms with Crippen LogP contribution in [0.15, 0.2) is 41.8 Å². The first-order valence-electron chi connectivity index (χ1n) is 5.99. The number of ether oxygens (including phenoxy) is 1. The monoisotopic (exact) mass is 276 g/mol. The second-order valence-electron chi connectivity index (χ2n) is 3.96. The number of methoxy groups -OCH3 is 1. The standard InChI is InChI=1S/C14H16N2O2S/c1-18-12-6-4-11(5-7-12)8-9-15-14(17)16-13-3-2-10-19-13/h2-7,10H,8-9H2,1H3,(H2,15,16,17). The Hall–Kier alpha value is -2.01. The summed E-state index contributed by atoms with van der Waals surface area (Å²) in [6.45, 7) is 0.601. The molecule has 0 fully saturated rings. The average Bonchev–Trinajstić information content (AvgIpc) is 2.92. The number of anilines is 1. The summed E-state index contributed by atoms with van der Waals surface area (Å²) in [5.41, 5.74) is 1.16. The van der Waals surface area contributed by atoms with Crippen LogP contribution in [0.3, 0.4) is 0 Å². The number of hydrogen-bond donors (Lipinski definition) is 2. The predicted octanol–water partition coefficient (Wildman–Crippen LogP) is 3.12. The van der Waals surface area contributed by atoms with E-state index in [9.17, 15) is 4.79 Å². The highest BCUT2D eigenvalue weighted by atomic mass is 32.1. The Morgan fingerprint density at radius 1 is 1.26 bits per heavy atom. The summed E-state index contributed by atoms with van der Waals surface area (Å²) >= 11 is 1.50. The highest BCUT2D eigenvalue weighted by Crippen LogP contribution is 2.14. The van der Waals surface area contributed by atoms with Crippen LogP contribution in [0.1, 0.15) is 5.56 Å². The molecular formula is C14H16N2O2S. The van der Waals surface area contributed by atoms with Crippen molar-refractivity contribution >= 4 is 22.4 Å². The minimum absolute atomic E-state index is 0.170. The summed E-state index contributed by atoms with van der Waals surface area (Å²) in [6.07, 6.45) is 0.794. The SMILES string of the molecule is COc1ccc(CCNC(=O)Nc2cccs2)cc1. The van der Waals surface area contributed by atoms with Crippen LogP contribution in [0.25, 0.3) is 0 Å². The van der Waals surface area contributed by atoms with Gasteiger partial charge in [-0.15, -0.1) is 11.3 Å². The van der Waals surface area contributed by atoms with Gasteiger partial charge in [-0.3, -0.25) is 5.32 Å². The molecule has 0 aliphatic rings. The average molecular weight is 276 g/mol. The maximum atomic E-state index is 11.6. The van der Waals surface area contributed by atoms with Crippen LogP contribution in [0, 0.1) is 0 Å². The molecule has 0 saturated carbocycles. The van der Waals surface area contributed by atoms with Crippen LogP contribution in [0.5, 0.6) is 5.75 Å². The van der Waals surface area contributed by atoms with Crippen LogP contribution in [0.4, 0.5) is 9.80 Å². The Labute approximate surface area is 116 Å². The number of benzene rings is 1. The number of urea groups is 1. The normalized spacial score (nSPS) is 9.95. The number of rotatable bonds is 5. The van der Waals surface area contributed by atoms with Gasteiger partial charge in [0, 0.05) is 6.54 Å². The van der Waals surface area contributed by atoms with Crippen LogP contribution in [0.2, 0.25) is 0 Å². The van der Waals surface area contributed by atoms with Crippen molar-refractivity contribution in [2.45, 2.75) is 6.42 Å². The number of carbonyl (C=O) groups is 1. The summed E-state index contributed by atoms with van der Waals surface area (Å²) < 4.78 is 5.09.